The molecule has 0 fully saturated rings. The fraction of sp³-hybridized carbons (Fsp3) is 0.294. The molecule has 0 bridgehead atoms. The van der Waals surface area contributed by atoms with Crippen LogP contribution in [-0.2, 0) is 18.7 Å². The third-order valence-electron chi connectivity index (χ3n) is 2.56. The molecule has 2 nitrogen and oxygen atoms in total. The van der Waals surface area contributed by atoms with Crippen LogP contribution in [-0.4, -0.2) is 14.2 Å². The third kappa shape index (κ3) is 7.42. The van der Waals surface area contributed by atoms with Gasteiger partial charge in [-0.1, -0.05) is 20.3 Å². The second kappa shape index (κ2) is 14.1. The first-order chi connectivity index (χ1) is 10.2. The van der Waals surface area contributed by atoms with E-state index in [0.29, 0.717) is 0 Å². The van der Waals surface area contributed by atoms with Crippen molar-refractivity contribution in [2.75, 3.05) is 14.2 Å². The van der Waals surface area contributed by atoms with E-state index in [1.807, 2.05) is 36.4 Å². The molecule has 0 N–H and O–H groups in total. The van der Waals surface area contributed by atoms with Crippen molar-refractivity contribution in [2.45, 2.75) is 20.3 Å². The van der Waals surface area contributed by atoms with E-state index in [1.54, 1.807) is 14.2 Å². The number of methoxy groups -OCH3 is 2. The molecule has 0 amide bonds. The summed E-state index contributed by atoms with van der Waals surface area (Å²) in [6.07, 6.45) is 0.626. The molecule has 2 aromatic carbocycles. The predicted octanol–water partition coefficient (Wildman–Crippen LogP) is -1.98. The van der Waals surface area contributed by atoms with Crippen LogP contribution in [0.3, 0.4) is 0 Å². The number of benzene rings is 2. The van der Waals surface area contributed by atoms with Gasteiger partial charge in [0.15, 0.2) is 0 Å². The Morgan fingerprint density at radius 1 is 0.783 bits per heavy atom. The maximum absolute atomic E-state index is 5.41. The van der Waals surface area contributed by atoms with Crippen molar-refractivity contribution in [2.24, 2.45) is 0 Å². The van der Waals surface area contributed by atoms with E-state index in [9.17, 15) is 0 Å². The first kappa shape index (κ1) is 25.0. The van der Waals surface area contributed by atoms with E-state index in [1.165, 1.54) is 17.0 Å². The van der Waals surface area contributed by atoms with Crippen LogP contribution in [0.5, 0.6) is 11.5 Å². The van der Waals surface area contributed by atoms with Gasteiger partial charge in [-0.15, -0.1) is 0 Å². The van der Waals surface area contributed by atoms with Gasteiger partial charge in [-0.25, -0.2) is 0 Å². The summed E-state index contributed by atoms with van der Waals surface area (Å²) < 4.78 is 10.8. The Labute approximate surface area is 163 Å². The van der Waals surface area contributed by atoms with Gasteiger partial charge in [0.1, 0.15) is 0 Å². The van der Waals surface area contributed by atoms with Crippen LogP contribution in [0.2, 0.25) is 0 Å². The molecule has 131 valence electrons. The number of para-hydroxylation sites is 2. The Morgan fingerprint density at radius 2 is 1.09 bits per heavy atom. The number of ether oxygens (including phenoxy) is 2. The molecule has 0 aliphatic carbocycles. The van der Waals surface area contributed by atoms with Crippen LogP contribution in [0.4, 0.5) is 0 Å². The molecule has 0 saturated heterocycles. The largest absolute Gasteiger partial charge is 1.00 e. The van der Waals surface area contributed by atoms with Crippen LogP contribution in [0.25, 0.3) is 0 Å². The summed E-state index contributed by atoms with van der Waals surface area (Å²) in [4.78, 5) is 0. The Morgan fingerprint density at radius 3 is 1.39 bits per heavy atom. The fourth-order valence-corrected chi connectivity index (χ4v) is 4.78. The molecule has 0 saturated carbocycles. The van der Waals surface area contributed by atoms with Crippen molar-refractivity contribution in [3.8, 4) is 11.5 Å². The van der Waals surface area contributed by atoms with Crippen molar-refractivity contribution in [1.82, 2.24) is 0 Å². The zero-order valence-electron chi connectivity index (χ0n) is 13.7. The van der Waals surface area contributed by atoms with Gasteiger partial charge in [0.25, 0.3) is 0 Å². The van der Waals surface area contributed by atoms with E-state index >= 15 is 0 Å². The molecule has 0 spiro atoms. The summed E-state index contributed by atoms with van der Waals surface area (Å²) in [5.74, 6) is 1.81. The molecule has 2 aromatic rings. The van der Waals surface area contributed by atoms with Gasteiger partial charge in [0.05, 0.1) is 0 Å². The zero-order chi connectivity index (χ0) is 15.7. The molecule has 0 unspecified atom stereocenters. The normalized spacial score (nSPS) is 8.96. The number of rotatable bonds is 4. The molecular formula is C17H22Cl2O2PPd. The molecule has 0 aliphatic heterocycles. The van der Waals surface area contributed by atoms with Crippen molar-refractivity contribution in [3.05, 3.63) is 48.5 Å². The van der Waals surface area contributed by atoms with E-state index < -0.39 is 6.11 Å². The number of hydrogen-bond acceptors (Lipinski definition) is 2. The van der Waals surface area contributed by atoms with Crippen molar-refractivity contribution >= 4 is 16.7 Å². The number of halogens is 2. The minimum absolute atomic E-state index is 0. The Bertz CT molecular complexity index is 508. The zero-order valence-corrected chi connectivity index (χ0v) is 17.6. The maximum Gasteiger partial charge on any atom is -1.00 e. The standard InChI is InChI=1S/C14H14O2P.C3H8.2ClH.Pd/c1-15-11-7-3-5-9-13(11)17-14-10-6-4-8-12(14)16-2;1-3-2;;;/h3-10H,1-2H3;3H2,1-2H3;2*1H;/q-1;;;;+3/p-2. The van der Waals surface area contributed by atoms with Crippen LogP contribution >= 0.6 is 6.11 Å². The third-order valence-corrected chi connectivity index (χ3v) is 6.34. The molecule has 0 aromatic heterocycles. The Balaban J connectivity index is 0. The number of hydrogen-bond donors (Lipinski definition) is 0. The SMILES string of the molecule is CCC.COc1ccccc1[P]([Pd+2])c1ccccc1OC.[Cl-].[Cl-]. The predicted molar refractivity (Wildman–Crippen MR) is 88.1 cm³/mol. The van der Waals surface area contributed by atoms with Crippen LogP contribution < -0.4 is 44.9 Å². The smallest absolute Gasteiger partial charge is 1.00 e. The van der Waals surface area contributed by atoms with Crippen LogP contribution in [0.1, 0.15) is 20.3 Å². The molecule has 0 heterocycles. The molecule has 2 rings (SSSR count). The summed E-state index contributed by atoms with van der Waals surface area (Å²) in [6, 6.07) is 16.1. The second-order valence-electron chi connectivity index (χ2n) is 4.30. The van der Waals surface area contributed by atoms with E-state index in [2.05, 4.69) is 44.7 Å². The van der Waals surface area contributed by atoms with Gasteiger partial charge < -0.3 is 24.8 Å². The topological polar surface area (TPSA) is 18.5 Å². The second-order valence-corrected chi connectivity index (χ2v) is 7.86. The maximum atomic E-state index is 5.41. The first-order valence-electron chi connectivity index (χ1n) is 6.88. The molecule has 23 heavy (non-hydrogen) atoms. The average Bonchev–Trinajstić information content (AvgIpc) is 2.54. The monoisotopic (exact) mass is 465 g/mol. The molecular weight excluding hydrogens is 444 g/mol. The van der Waals surface area contributed by atoms with Gasteiger partial charge in [-0.3, -0.25) is 0 Å². The minimum Gasteiger partial charge on any atom is -1.00 e. The molecule has 0 aliphatic rings. The molecule has 0 radical (unpaired) electrons. The summed E-state index contributed by atoms with van der Waals surface area (Å²) in [6.45, 7) is 4.25. The van der Waals surface area contributed by atoms with Gasteiger partial charge >= 0.3 is 119 Å². The van der Waals surface area contributed by atoms with Crippen LogP contribution in [0.15, 0.2) is 48.5 Å². The average molecular weight is 467 g/mol. The molecule has 6 heteroatoms. The fourth-order valence-electron chi connectivity index (χ4n) is 1.69. The summed E-state index contributed by atoms with van der Waals surface area (Å²) >= 11 is 3.47. The summed E-state index contributed by atoms with van der Waals surface area (Å²) in [5, 5.41) is 2.34. The van der Waals surface area contributed by atoms with Gasteiger partial charge in [-0.05, 0) is 0 Å². The van der Waals surface area contributed by atoms with E-state index in [0.717, 1.165) is 11.5 Å². The van der Waals surface area contributed by atoms with Gasteiger partial charge in [0, 0.05) is 0 Å². The van der Waals surface area contributed by atoms with E-state index in [4.69, 9.17) is 9.47 Å². The Hall–Kier alpha value is -0.288. The summed E-state index contributed by atoms with van der Waals surface area (Å²) in [5.41, 5.74) is 0. The van der Waals surface area contributed by atoms with Crippen LogP contribution in [0, 0.1) is 0 Å². The van der Waals surface area contributed by atoms with Gasteiger partial charge in [0.2, 0.25) is 0 Å². The van der Waals surface area contributed by atoms with Gasteiger partial charge in [-0.2, -0.15) is 0 Å². The van der Waals surface area contributed by atoms with E-state index in [-0.39, 0.29) is 24.8 Å². The Kier molecular flexibility index (Phi) is 15.3. The summed E-state index contributed by atoms with van der Waals surface area (Å²) in [7, 11) is 3.39. The quantitative estimate of drug-likeness (QED) is 0.384. The van der Waals surface area contributed by atoms with Crippen molar-refractivity contribution in [1.29, 1.82) is 0 Å². The first-order valence-corrected chi connectivity index (χ1v) is 10.1. The van der Waals surface area contributed by atoms with Crippen molar-refractivity contribution < 1.29 is 53.0 Å². The molecule has 0 atom stereocenters. The minimum atomic E-state index is -0.624. The van der Waals surface area contributed by atoms with Crippen molar-refractivity contribution in [3.63, 3.8) is 0 Å².